The van der Waals surface area contributed by atoms with Crippen LogP contribution in [0.2, 0.25) is 5.02 Å². The normalized spacial score (nSPS) is 10.5. The molecular weight excluding hydrogens is 414 g/mol. The summed E-state index contributed by atoms with van der Waals surface area (Å²) >= 11 is 6.96. The molecule has 150 valence electrons. The van der Waals surface area contributed by atoms with Gasteiger partial charge in [0.25, 0.3) is 0 Å². The third-order valence-corrected chi connectivity index (χ3v) is 5.28. The van der Waals surface area contributed by atoms with E-state index < -0.39 is 5.95 Å². The number of benzene rings is 2. The quantitative estimate of drug-likeness (QED) is 0.409. The van der Waals surface area contributed by atoms with Gasteiger partial charge in [-0.15, -0.1) is 0 Å². The lowest BCUT2D eigenvalue weighted by molar-refractivity contribution is 0.586. The molecule has 0 unspecified atom stereocenters. The summed E-state index contributed by atoms with van der Waals surface area (Å²) in [6.07, 6.45) is 3.34. The Morgan fingerprint density at radius 3 is 2.59 bits per heavy atom. The SMILES string of the molecule is Cc1ccc(Cl)c(F)c1.NCCNc1ncc(-c2ccc3cnc(F)cc3c2)s1. The molecule has 2 heterocycles. The molecule has 0 atom stereocenters. The molecule has 0 aliphatic carbocycles. The van der Waals surface area contributed by atoms with Gasteiger partial charge in [0, 0.05) is 36.9 Å². The molecule has 0 amide bonds. The van der Waals surface area contributed by atoms with E-state index >= 15 is 0 Å². The third kappa shape index (κ3) is 5.69. The molecule has 2 aromatic heterocycles. The van der Waals surface area contributed by atoms with Gasteiger partial charge in [0.2, 0.25) is 5.95 Å². The Hall–Kier alpha value is -2.61. The van der Waals surface area contributed by atoms with Crippen molar-refractivity contribution in [3.8, 4) is 10.4 Å². The van der Waals surface area contributed by atoms with E-state index in [-0.39, 0.29) is 10.8 Å². The number of hydrogen-bond donors (Lipinski definition) is 2. The van der Waals surface area contributed by atoms with Gasteiger partial charge in [0.05, 0.1) is 9.90 Å². The summed E-state index contributed by atoms with van der Waals surface area (Å²) in [5.41, 5.74) is 7.34. The van der Waals surface area contributed by atoms with Crippen molar-refractivity contribution < 1.29 is 8.78 Å². The predicted octanol–water partition coefficient (Wildman–Crippen LogP) is 5.66. The number of pyridine rings is 1. The number of fused-ring (bicyclic) bond motifs is 1. The molecule has 29 heavy (non-hydrogen) atoms. The maximum atomic E-state index is 13.2. The summed E-state index contributed by atoms with van der Waals surface area (Å²) in [5.74, 6) is -0.819. The fourth-order valence-electron chi connectivity index (χ4n) is 2.54. The molecule has 0 bridgehead atoms. The van der Waals surface area contributed by atoms with Crippen LogP contribution >= 0.6 is 22.9 Å². The van der Waals surface area contributed by atoms with Gasteiger partial charge in [-0.25, -0.2) is 14.4 Å². The van der Waals surface area contributed by atoms with Crippen molar-refractivity contribution in [2.75, 3.05) is 18.4 Å². The minimum absolute atomic E-state index is 0.181. The maximum absolute atomic E-state index is 13.2. The molecule has 0 aliphatic heterocycles. The summed E-state index contributed by atoms with van der Waals surface area (Å²) < 4.78 is 25.6. The monoisotopic (exact) mass is 432 g/mol. The molecule has 4 aromatic rings. The number of aromatic nitrogens is 2. The molecule has 0 aliphatic rings. The van der Waals surface area contributed by atoms with Crippen LogP contribution in [0.25, 0.3) is 21.2 Å². The standard InChI is InChI=1S/C14H13FN4S.C7H6ClF/c15-13-6-11-5-9(1-2-10(11)7-18-13)12-8-19-14(20-12)17-4-3-16;1-5-2-3-6(8)7(9)4-5/h1-2,5-8H,3-4,16H2,(H,17,19);2-4H,1H3. The Morgan fingerprint density at radius 1 is 1.03 bits per heavy atom. The topological polar surface area (TPSA) is 63.8 Å². The lowest BCUT2D eigenvalue weighted by Gasteiger charge is -2.01. The number of nitrogens with one attached hydrogen (secondary N) is 1. The Bertz CT molecular complexity index is 1120. The van der Waals surface area contributed by atoms with E-state index in [1.165, 1.54) is 18.3 Å². The Balaban J connectivity index is 0.000000224. The zero-order valence-electron chi connectivity index (χ0n) is 15.6. The van der Waals surface area contributed by atoms with E-state index in [0.29, 0.717) is 13.1 Å². The molecule has 2 aromatic carbocycles. The van der Waals surface area contributed by atoms with Gasteiger partial charge in [0.15, 0.2) is 5.13 Å². The second-order valence-corrected chi connectivity index (χ2v) is 7.67. The van der Waals surface area contributed by atoms with Crippen LogP contribution in [0.1, 0.15) is 5.56 Å². The minimum atomic E-state index is -0.468. The summed E-state index contributed by atoms with van der Waals surface area (Å²) in [6, 6.07) is 12.0. The largest absolute Gasteiger partial charge is 0.360 e. The van der Waals surface area contributed by atoms with Gasteiger partial charge >= 0.3 is 0 Å². The molecule has 8 heteroatoms. The lowest BCUT2D eigenvalue weighted by Crippen LogP contribution is -2.12. The molecule has 3 N–H and O–H groups in total. The number of nitrogens with zero attached hydrogens (tertiary/aromatic N) is 2. The molecule has 0 saturated carbocycles. The molecule has 0 spiro atoms. The van der Waals surface area contributed by atoms with E-state index in [4.69, 9.17) is 17.3 Å². The fourth-order valence-corrected chi connectivity index (χ4v) is 3.49. The Morgan fingerprint density at radius 2 is 1.86 bits per heavy atom. The number of nitrogens with two attached hydrogens (primary N) is 1. The highest BCUT2D eigenvalue weighted by Gasteiger charge is 2.06. The van der Waals surface area contributed by atoms with Gasteiger partial charge in [-0.3, -0.25) is 0 Å². The van der Waals surface area contributed by atoms with Crippen LogP contribution < -0.4 is 11.1 Å². The molecule has 0 saturated heterocycles. The van der Waals surface area contributed by atoms with Gasteiger partial charge in [0.1, 0.15) is 5.82 Å². The van der Waals surface area contributed by atoms with Crippen molar-refractivity contribution in [3.05, 3.63) is 77.2 Å². The number of halogens is 3. The first-order valence-corrected chi connectivity index (χ1v) is 10.0. The average molecular weight is 433 g/mol. The zero-order chi connectivity index (χ0) is 20.8. The number of aryl methyl sites for hydroxylation is 1. The first-order chi connectivity index (χ1) is 14.0. The molecular formula is C21H19ClF2N4S. The lowest BCUT2D eigenvalue weighted by atomic mass is 10.1. The van der Waals surface area contributed by atoms with E-state index in [1.54, 1.807) is 23.5 Å². The van der Waals surface area contributed by atoms with Crippen LogP contribution in [0.4, 0.5) is 13.9 Å². The second-order valence-electron chi connectivity index (χ2n) is 6.23. The van der Waals surface area contributed by atoms with Crippen LogP contribution in [0.3, 0.4) is 0 Å². The summed E-state index contributed by atoms with van der Waals surface area (Å²) in [4.78, 5) is 8.97. The van der Waals surface area contributed by atoms with E-state index in [1.807, 2.05) is 31.3 Å². The minimum Gasteiger partial charge on any atom is -0.360 e. The second kappa shape index (κ2) is 9.73. The van der Waals surface area contributed by atoms with Gasteiger partial charge in [-0.2, -0.15) is 4.39 Å². The Kier molecular flexibility index (Phi) is 7.09. The van der Waals surface area contributed by atoms with Crippen molar-refractivity contribution >= 4 is 38.8 Å². The molecule has 0 radical (unpaired) electrons. The van der Waals surface area contributed by atoms with Crippen molar-refractivity contribution in [2.45, 2.75) is 6.92 Å². The highest BCUT2D eigenvalue weighted by molar-refractivity contribution is 7.18. The number of hydrogen-bond acceptors (Lipinski definition) is 5. The first kappa shape index (κ1) is 21.1. The van der Waals surface area contributed by atoms with Crippen LogP contribution in [0, 0.1) is 18.7 Å². The van der Waals surface area contributed by atoms with Crippen molar-refractivity contribution in [1.29, 1.82) is 0 Å². The predicted molar refractivity (Wildman–Crippen MR) is 117 cm³/mol. The zero-order valence-corrected chi connectivity index (χ0v) is 17.2. The van der Waals surface area contributed by atoms with Crippen molar-refractivity contribution in [2.24, 2.45) is 5.73 Å². The van der Waals surface area contributed by atoms with Crippen LogP contribution in [0.5, 0.6) is 0 Å². The highest BCUT2D eigenvalue weighted by Crippen LogP contribution is 2.31. The Labute approximate surface area is 176 Å². The number of rotatable bonds is 4. The first-order valence-electron chi connectivity index (χ1n) is 8.83. The summed E-state index contributed by atoms with van der Waals surface area (Å²) in [5, 5.41) is 5.91. The van der Waals surface area contributed by atoms with Gasteiger partial charge in [-0.1, -0.05) is 41.1 Å². The summed E-state index contributed by atoms with van der Waals surface area (Å²) in [7, 11) is 0. The van der Waals surface area contributed by atoms with Crippen LogP contribution in [0.15, 0.2) is 54.9 Å². The van der Waals surface area contributed by atoms with Gasteiger partial charge < -0.3 is 11.1 Å². The van der Waals surface area contributed by atoms with Crippen molar-refractivity contribution in [1.82, 2.24) is 9.97 Å². The average Bonchev–Trinajstić information content (AvgIpc) is 3.18. The van der Waals surface area contributed by atoms with E-state index in [9.17, 15) is 8.78 Å². The van der Waals surface area contributed by atoms with E-state index in [0.717, 1.165) is 31.9 Å². The highest BCUT2D eigenvalue weighted by atomic mass is 35.5. The van der Waals surface area contributed by atoms with E-state index in [2.05, 4.69) is 15.3 Å². The molecule has 0 fully saturated rings. The maximum Gasteiger partial charge on any atom is 0.213 e. The van der Waals surface area contributed by atoms with Crippen LogP contribution in [-0.4, -0.2) is 23.1 Å². The molecule has 4 rings (SSSR count). The fraction of sp³-hybridized carbons (Fsp3) is 0.143. The summed E-state index contributed by atoms with van der Waals surface area (Å²) in [6.45, 7) is 3.08. The smallest absolute Gasteiger partial charge is 0.213 e. The number of thiazole rings is 1. The molecule has 4 nitrogen and oxygen atoms in total. The van der Waals surface area contributed by atoms with Gasteiger partial charge in [-0.05, 0) is 41.6 Å². The third-order valence-electron chi connectivity index (χ3n) is 3.97. The van der Waals surface area contributed by atoms with Crippen molar-refractivity contribution in [3.63, 3.8) is 0 Å². The number of anilines is 1. The van der Waals surface area contributed by atoms with Crippen LogP contribution in [-0.2, 0) is 0 Å².